The summed E-state index contributed by atoms with van der Waals surface area (Å²) in [5.41, 5.74) is 10.8. The molecule has 0 aliphatic heterocycles. The first-order valence-electron chi connectivity index (χ1n) is 29.9. The third-order valence-corrected chi connectivity index (χ3v) is 21.1. The summed E-state index contributed by atoms with van der Waals surface area (Å²) in [6, 6.07) is 139. The van der Waals surface area contributed by atoms with E-state index in [1.165, 1.54) is 66.8 Å². The lowest BCUT2D eigenvalue weighted by Gasteiger charge is -2.70. The summed E-state index contributed by atoms with van der Waals surface area (Å²) < 4.78 is -2.05. The lowest BCUT2D eigenvalue weighted by atomic mass is 9.39. The van der Waals surface area contributed by atoms with Gasteiger partial charge in [-0.15, -0.1) is 11.8 Å². The van der Waals surface area contributed by atoms with E-state index < -0.39 is 31.2 Å². The third kappa shape index (κ3) is 8.05. The summed E-state index contributed by atoms with van der Waals surface area (Å²) >= 11 is 2.14. The number of benzene rings is 12. The second kappa shape index (κ2) is 22.6. The van der Waals surface area contributed by atoms with Gasteiger partial charge in [-0.1, -0.05) is 388 Å². The van der Waals surface area contributed by atoms with E-state index >= 15 is 0 Å². The van der Waals surface area contributed by atoms with Gasteiger partial charge >= 0.3 is 0 Å². The summed E-state index contributed by atoms with van der Waals surface area (Å²) in [5, 5.41) is 0. The maximum absolute atomic E-state index is 2.70. The molecule has 0 fully saturated rings. The summed E-state index contributed by atoms with van der Waals surface area (Å²) in [6.45, 7) is 0. The van der Waals surface area contributed by atoms with Crippen molar-refractivity contribution < 1.29 is 0 Å². The Morgan fingerprint density at radius 2 is 0.365 bits per heavy atom. The quantitative estimate of drug-likeness (QED) is 0.0978. The van der Waals surface area contributed by atoms with Gasteiger partial charge in [0.25, 0.3) is 0 Å². The van der Waals surface area contributed by atoms with Gasteiger partial charge in [0, 0.05) is 22.7 Å². The van der Waals surface area contributed by atoms with Crippen molar-refractivity contribution in [2.24, 2.45) is 0 Å². The van der Waals surface area contributed by atoms with Crippen LogP contribution in [0.5, 0.6) is 0 Å². The Bertz CT molecular complexity index is 3730. The fourth-order valence-corrected chi connectivity index (χ4v) is 18.7. The van der Waals surface area contributed by atoms with Crippen molar-refractivity contribution in [3.63, 3.8) is 0 Å². The topological polar surface area (TPSA) is 0 Å². The highest BCUT2D eigenvalue weighted by Gasteiger charge is 2.76. The van der Waals surface area contributed by atoms with Crippen LogP contribution in [-0.2, 0) is 31.2 Å². The van der Waals surface area contributed by atoms with Crippen LogP contribution in [0.25, 0.3) is 0 Å². The predicted octanol–water partition coefficient (Wildman–Crippen LogP) is 20.2. The van der Waals surface area contributed by atoms with Crippen LogP contribution in [0, 0.1) is 0 Å². The molecule has 0 N–H and O–H groups in total. The summed E-state index contributed by atoms with van der Waals surface area (Å²) in [4.78, 5) is 0. The van der Waals surface area contributed by atoms with Crippen LogP contribution in [0.2, 0.25) is 0 Å². The molecule has 0 bridgehead atoms. The molecule has 1 heteroatoms. The fourth-order valence-electron chi connectivity index (χ4n) is 16.3. The van der Waals surface area contributed by atoms with E-state index in [-0.39, 0.29) is 11.8 Å². The van der Waals surface area contributed by atoms with Gasteiger partial charge in [-0.2, -0.15) is 0 Å². The molecule has 0 amide bonds. The normalized spacial score (nSPS) is 20.7. The Morgan fingerprint density at radius 3 is 0.576 bits per heavy atom. The highest BCUT2D eigenvalue weighted by atomic mass is 32.2. The first-order valence-corrected chi connectivity index (χ1v) is 30.7. The van der Waals surface area contributed by atoms with Crippen molar-refractivity contribution in [3.05, 3.63) is 455 Å². The van der Waals surface area contributed by atoms with Gasteiger partial charge in [0.2, 0.25) is 0 Å². The second-order valence-electron chi connectivity index (χ2n) is 22.8. The molecule has 0 aromatic heterocycles. The van der Waals surface area contributed by atoms with Gasteiger partial charge in [0.05, 0.1) is 20.3 Å². The van der Waals surface area contributed by atoms with E-state index in [4.69, 9.17) is 0 Å². The Labute approximate surface area is 506 Å². The molecule has 0 spiro atoms. The molecule has 0 radical (unpaired) electrons. The molecule has 14 rings (SSSR count). The van der Waals surface area contributed by atoms with Crippen molar-refractivity contribution in [1.29, 1.82) is 0 Å². The first-order chi connectivity index (χ1) is 42.2. The van der Waals surface area contributed by atoms with Crippen molar-refractivity contribution in [2.75, 3.05) is 0 Å². The minimum Gasteiger partial charge on any atom is -0.128 e. The molecule has 4 unspecified atom stereocenters. The monoisotopic (exact) mass is 1110 g/mol. The SMILES string of the molecule is C1=CC(SC2(c3ccccc3)C=CC(c3ccccc3)C(c3ccccc3)(c3ccccc3)C2(c2ccccc2)c2ccccc2)(c2ccccc2)C(c2ccccc2)(c2ccccc2)C(c2ccccc2)(c2ccccc2)C1c1ccccc1. The molecule has 2 aliphatic rings. The minimum atomic E-state index is -1.03. The molecule has 85 heavy (non-hydrogen) atoms. The highest BCUT2D eigenvalue weighted by molar-refractivity contribution is 8.01. The molecular formula is C84H66S. The van der Waals surface area contributed by atoms with Crippen LogP contribution in [0.15, 0.2) is 388 Å². The predicted molar refractivity (Wildman–Crippen MR) is 355 cm³/mol. The summed E-state index contributed by atoms with van der Waals surface area (Å²) in [5.74, 6) is -0.400. The van der Waals surface area contributed by atoms with Gasteiger partial charge in [-0.05, 0) is 66.8 Å². The van der Waals surface area contributed by atoms with Crippen LogP contribution in [0.1, 0.15) is 78.6 Å². The zero-order valence-electron chi connectivity index (χ0n) is 47.5. The van der Waals surface area contributed by atoms with Crippen LogP contribution in [0.3, 0.4) is 0 Å². The molecule has 0 saturated carbocycles. The lowest BCUT2D eigenvalue weighted by molar-refractivity contribution is 0.204. The molecule has 12 aromatic rings. The molecule has 0 nitrogen and oxygen atoms in total. The van der Waals surface area contributed by atoms with Crippen LogP contribution in [0.4, 0.5) is 0 Å². The van der Waals surface area contributed by atoms with Crippen molar-refractivity contribution in [3.8, 4) is 0 Å². The molecule has 0 saturated heterocycles. The Morgan fingerprint density at radius 1 is 0.188 bits per heavy atom. The highest BCUT2D eigenvalue weighted by Crippen LogP contribution is 2.80. The van der Waals surface area contributed by atoms with Gasteiger partial charge < -0.3 is 0 Å². The Kier molecular flexibility index (Phi) is 14.2. The van der Waals surface area contributed by atoms with Gasteiger partial charge in [0.15, 0.2) is 0 Å². The standard InChI is InChI=1S/C84H66S/c1-13-37-65(38-14-1)77-61-63-79(67-41-17-3-18-42-67,83(73-53-29-9-30-54-73,74-55-31-10-32-56-74)81(77,69-45-21-5-22-46-69)70-47-23-6-24-48-70)85-80(68-43-19-4-20-44-68)64-62-78(66-39-15-2-16-40-66)82(71-49-25-7-26-50-71,72-51-27-8-28-52-72)84(80,75-57-33-11-34-58-75)76-59-35-12-36-60-76/h1-64,77-78H. The molecule has 0 heterocycles. The van der Waals surface area contributed by atoms with Gasteiger partial charge in [0.1, 0.15) is 0 Å². The summed E-state index contributed by atoms with van der Waals surface area (Å²) in [6.07, 6.45) is 10.7. The van der Waals surface area contributed by atoms with E-state index in [9.17, 15) is 0 Å². The number of hydrogen-bond donors (Lipinski definition) is 0. The smallest absolute Gasteiger partial charge is 0.0750 e. The van der Waals surface area contributed by atoms with Crippen LogP contribution < -0.4 is 0 Å². The van der Waals surface area contributed by atoms with Crippen LogP contribution >= 0.6 is 11.8 Å². The molecule has 2 aliphatic carbocycles. The van der Waals surface area contributed by atoms with E-state index in [0.717, 1.165) is 0 Å². The van der Waals surface area contributed by atoms with Gasteiger partial charge in [-0.3, -0.25) is 0 Å². The number of hydrogen-bond acceptors (Lipinski definition) is 1. The molecule has 408 valence electrons. The fraction of sp³-hybridized carbons (Fsp3) is 0.0952. The van der Waals surface area contributed by atoms with E-state index in [1.54, 1.807) is 0 Å². The molecule has 12 aromatic carbocycles. The molecule has 4 atom stereocenters. The number of allylic oxidation sites excluding steroid dienone is 2. The van der Waals surface area contributed by atoms with Crippen molar-refractivity contribution >= 4 is 11.8 Å². The van der Waals surface area contributed by atoms with Crippen molar-refractivity contribution in [2.45, 2.75) is 43.0 Å². The van der Waals surface area contributed by atoms with Gasteiger partial charge in [-0.25, -0.2) is 0 Å². The third-order valence-electron chi connectivity index (χ3n) is 19.1. The Hall–Kier alpha value is -9.53. The number of thioether (sulfide) groups is 1. The average Bonchev–Trinajstić information content (AvgIpc) is 0.664. The summed E-state index contributed by atoms with van der Waals surface area (Å²) in [7, 11) is 0. The lowest BCUT2D eigenvalue weighted by Crippen LogP contribution is -2.69. The molecular weight excluding hydrogens is 1040 g/mol. The zero-order valence-corrected chi connectivity index (χ0v) is 48.3. The maximum atomic E-state index is 2.70. The average molecular weight is 1110 g/mol. The maximum Gasteiger partial charge on any atom is 0.0750 e. The van der Waals surface area contributed by atoms with E-state index in [0.29, 0.717) is 0 Å². The Balaban J connectivity index is 1.29. The largest absolute Gasteiger partial charge is 0.128 e. The van der Waals surface area contributed by atoms with E-state index in [1.807, 2.05) is 0 Å². The minimum absolute atomic E-state index is 0.200. The van der Waals surface area contributed by atoms with Crippen LogP contribution in [-0.4, -0.2) is 0 Å². The van der Waals surface area contributed by atoms with E-state index in [2.05, 4.69) is 400 Å². The first kappa shape index (κ1) is 53.5. The zero-order chi connectivity index (χ0) is 57.0. The van der Waals surface area contributed by atoms with Crippen molar-refractivity contribution in [1.82, 2.24) is 0 Å². The second-order valence-corrected chi connectivity index (χ2v) is 24.3. The number of rotatable bonds is 14.